The summed E-state index contributed by atoms with van der Waals surface area (Å²) < 4.78 is 0. The Balaban J connectivity index is 2.62. The Morgan fingerprint density at radius 1 is 1.33 bits per heavy atom. The van der Waals surface area contributed by atoms with E-state index in [9.17, 15) is 14.4 Å². The fourth-order valence-electron chi connectivity index (χ4n) is 1.38. The van der Waals surface area contributed by atoms with Crippen molar-refractivity contribution in [2.24, 2.45) is 5.73 Å². The van der Waals surface area contributed by atoms with E-state index in [2.05, 4.69) is 5.32 Å². The van der Waals surface area contributed by atoms with Gasteiger partial charge in [-0.25, -0.2) is 0 Å². The van der Waals surface area contributed by atoms with Crippen molar-refractivity contribution in [2.75, 3.05) is 0 Å². The summed E-state index contributed by atoms with van der Waals surface area (Å²) >= 11 is 0. The molecule has 2 atom stereocenters. The van der Waals surface area contributed by atoms with Crippen molar-refractivity contribution in [1.29, 1.82) is 0 Å². The van der Waals surface area contributed by atoms with Crippen molar-refractivity contribution in [2.45, 2.75) is 18.5 Å². The first-order valence-corrected chi connectivity index (χ1v) is 5.32. The summed E-state index contributed by atoms with van der Waals surface area (Å²) in [4.78, 5) is 32.9. The van der Waals surface area contributed by atoms with E-state index in [4.69, 9.17) is 10.8 Å². The standard InChI is InChI=1S/C12H14N2O4/c13-9(12(17)18)6-11(16)14-10(7-15)8-4-2-1-3-5-8/h1-5,7,9-10H,6,13H2,(H,14,16)(H,17,18). The topological polar surface area (TPSA) is 109 Å². The number of aliphatic carboxylic acids is 1. The molecule has 0 aliphatic heterocycles. The van der Waals surface area contributed by atoms with Crippen molar-refractivity contribution < 1.29 is 19.5 Å². The first kappa shape index (κ1) is 13.9. The summed E-state index contributed by atoms with van der Waals surface area (Å²) in [6, 6.07) is 6.58. The van der Waals surface area contributed by atoms with Crippen molar-refractivity contribution >= 4 is 18.2 Å². The minimum Gasteiger partial charge on any atom is -0.480 e. The highest BCUT2D eigenvalue weighted by Gasteiger charge is 2.19. The zero-order valence-corrected chi connectivity index (χ0v) is 9.58. The first-order chi connectivity index (χ1) is 8.54. The molecule has 0 radical (unpaired) electrons. The Hall–Kier alpha value is -2.21. The number of hydrogen-bond donors (Lipinski definition) is 3. The molecule has 1 amide bonds. The fourth-order valence-corrected chi connectivity index (χ4v) is 1.38. The van der Waals surface area contributed by atoms with Crippen LogP contribution < -0.4 is 11.1 Å². The van der Waals surface area contributed by atoms with Crippen LogP contribution in [0.3, 0.4) is 0 Å². The largest absolute Gasteiger partial charge is 0.480 e. The van der Waals surface area contributed by atoms with Crippen LogP contribution in [-0.2, 0) is 14.4 Å². The zero-order valence-electron chi connectivity index (χ0n) is 9.58. The van der Waals surface area contributed by atoms with Gasteiger partial charge in [0.15, 0.2) is 0 Å². The van der Waals surface area contributed by atoms with Crippen molar-refractivity contribution in [3.63, 3.8) is 0 Å². The molecule has 0 aliphatic carbocycles. The maximum Gasteiger partial charge on any atom is 0.321 e. The van der Waals surface area contributed by atoms with E-state index in [1.807, 2.05) is 0 Å². The maximum absolute atomic E-state index is 11.5. The van der Waals surface area contributed by atoms with Crippen molar-refractivity contribution in [3.05, 3.63) is 35.9 Å². The molecular weight excluding hydrogens is 236 g/mol. The molecule has 0 spiro atoms. The number of benzene rings is 1. The number of amides is 1. The molecular formula is C12H14N2O4. The lowest BCUT2D eigenvalue weighted by molar-refractivity contribution is -0.140. The van der Waals surface area contributed by atoms with Gasteiger partial charge in [-0.3, -0.25) is 9.59 Å². The number of carbonyl (C=O) groups excluding carboxylic acids is 2. The van der Waals surface area contributed by atoms with Crippen LogP contribution in [0.4, 0.5) is 0 Å². The summed E-state index contributed by atoms with van der Waals surface area (Å²) in [5.74, 6) is -1.83. The molecule has 96 valence electrons. The van der Waals surface area contributed by atoms with Crippen LogP contribution in [0.5, 0.6) is 0 Å². The lowest BCUT2D eigenvalue weighted by Crippen LogP contribution is -2.38. The Bertz CT molecular complexity index is 433. The number of nitrogens with one attached hydrogen (secondary N) is 1. The second-order valence-corrected chi connectivity index (χ2v) is 3.74. The van der Waals surface area contributed by atoms with E-state index in [-0.39, 0.29) is 6.42 Å². The molecule has 1 rings (SSSR count). The molecule has 6 heteroatoms. The monoisotopic (exact) mass is 250 g/mol. The molecule has 6 nitrogen and oxygen atoms in total. The van der Waals surface area contributed by atoms with Gasteiger partial charge < -0.3 is 21.0 Å². The number of carbonyl (C=O) groups is 3. The summed E-state index contributed by atoms with van der Waals surface area (Å²) in [6.45, 7) is 0. The molecule has 0 fully saturated rings. The summed E-state index contributed by atoms with van der Waals surface area (Å²) in [5.41, 5.74) is 5.85. The summed E-state index contributed by atoms with van der Waals surface area (Å²) in [6.07, 6.45) is 0.214. The van der Waals surface area contributed by atoms with E-state index in [0.717, 1.165) is 0 Å². The second-order valence-electron chi connectivity index (χ2n) is 3.74. The average Bonchev–Trinajstić information content (AvgIpc) is 2.36. The lowest BCUT2D eigenvalue weighted by atomic mass is 10.1. The third-order valence-electron chi connectivity index (χ3n) is 2.33. The highest BCUT2D eigenvalue weighted by Crippen LogP contribution is 2.09. The third kappa shape index (κ3) is 3.99. The molecule has 1 aromatic rings. The molecule has 2 unspecified atom stereocenters. The van der Waals surface area contributed by atoms with Crippen LogP contribution in [0, 0.1) is 0 Å². The van der Waals surface area contributed by atoms with E-state index < -0.39 is 24.0 Å². The Labute approximate surface area is 104 Å². The fraction of sp³-hybridized carbons (Fsp3) is 0.250. The van der Waals surface area contributed by atoms with Crippen molar-refractivity contribution in [1.82, 2.24) is 5.32 Å². The predicted octanol–water partition coefficient (Wildman–Crippen LogP) is -0.155. The Morgan fingerprint density at radius 2 is 1.94 bits per heavy atom. The third-order valence-corrected chi connectivity index (χ3v) is 2.33. The van der Waals surface area contributed by atoms with Crippen LogP contribution in [-0.4, -0.2) is 29.3 Å². The van der Waals surface area contributed by atoms with Gasteiger partial charge in [-0.15, -0.1) is 0 Å². The minimum atomic E-state index is -1.27. The lowest BCUT2D eigenvalue weighted by Gasteiger charge is -2.14. The van der Waals surface area contributed by atoms with E-state index >= 15 is 0 Å². The smallest absolute Gasteiger partial charge is 0.321 e. The van der Waals surface area contributed by atoms with Gasteiger partial charge in [-0.05, 0) is 5.56 Å². The highest BCUT2D eigenvalue weighted by atomic mass is 16.4. The molecule has 18 heavy (non-hydrogen) atoms. The van der Waals surface area contributed by atoms with Crippen LogP contribution in [0.15, 0.2) is 30.3 Å². The molecule has 0 saturated carbocycles. The molecule has 0 bridgehead atoms. The molecule has 0 heterocycles. The summed E-state index contributed by atoms with van der Waals surface area (Å²) in [5, 5.41) is 11.0. The van der Waals surface area contributed by atoms with Crippen LogP contribution in [0.25, 0.3) is 0 Å². The van der Waals surface area contributed by atoms with Gasteiger partial charge in [0.1, 0.15) is 18.4 Å². The second kappa shape index (κ2) is 6.51. The molecule has 1 aromatic carbocycles. The average molecular weight is 250 g/mol. The number of carboxylic acids is 1. The molecule has 0 saturated heterocycles. The van der Waals surface area contributed by atoms with Gasteiger partial charge in [0.05, 0.1) is 6.42 Å². The van der Waals surface area contributed by atoms with E-state index in [1.165, 1.54) is 0 Å². The normalized spacial score (nSPS) is 13.4. The number of nitrogens with two attached hydrogens (primary N) is 1. The molecule has 0 aromatic heterocycles. The van der Waals surface area contributed by atoms with Gasteiger partial charge in [0.25, 0.3) is 0 Å². The summed E-state index contributed by atoms with van der Waals surface area (Å²) in [7, 11) is 0. The van der Waals surface area contributed by atoms with E-state index in [1.54, 1.807) is 30.3 Å². The Morgan fingerprint density at radius 3 is 2.44 bits per heavy atom. The number of rotatable bonds is 6. The minimum absolute atomic E-state index is 0.369. The van der Waals surface area contributed by atoms with E-state index in [0.29, 0.717) is 11.8 Å². The Kier molecular flexibility index (Phi) is 5.01. The van der Waals surface area contributed by atoms with Gasteiger partial charge >= 0.3 is 5.97 Å². The number of carboxylic acid groups (broad SMARTS) is 1. The number of aldehydes is 1. The highest BCUT2D eigenvalue weighted by molar-refractivity contribution is 5.86. The molecule has 0 aliphatic rings. The quantitative estimate of drug-likeness (QED) is 0.608. The number of hydrogen-bond acceptors (Lipinski definition) is 4. The maximum atomic E-state index is 11.5. The van der Waals surface area contributed by atoms with Gasteiger partial charge in [-0.2, -0.15) is 0 Å². The van der Waals surface area contributed by atoms with Gasteiger partial charge in [-0.1, -0.05) is 30.3 Å². The van der Waals surface area contributed by atoms with Crippen LogP contribution in [0.2, 0.25) is 0 Å². The van der Waals surface area contributed by atoms with Crippen molar-refractivity contribution in [3.8, 4) is 0 Å². The SMILES string of the molecule is NC(CC(=O)NC(C=O)c1ccccc1)C(=O)O. The predicted molar refractivity (Wildman–Crippen MR) is 63.6 cm³/mol. The van der Waals surface area contributed by atoms with Gasteiger partial charge in [0.2, 0.25) is 5.91 Å². The van der Waals surface area contributed by atoms with Crippen LogP contribution >= 0.6 is 0 Å². The zero-order chi connectivity index (χ0) is 13.5. The van der Waals surface area contributed by atoms with Crippen LogP contribution in [0.1, 0.15) is 18.0 Å². The van der Waals surface area contributed by atoms with Gasteiger partial charge in [0, 0.05) is 0 Å². The first-order valence-electron chi connectivity index (χ1n) is 5.32. The molecule has 4 N–H and O–H groups in total.